The lowest BCUT2D eigenvalue weighted by Gasteiger charge is -2.18. The second-order valence-corrected chi connectivity index (χ2v) is 11.4. The van der Waals surface area contributed by atoms with E-state index in [9.17, 15) is 0 Å². The zero-order valence-corrected chi connectivity index (χ0v) is 19.7. The maximum atomic E-state index is 2.47. The summed E-state index contributed by atoms with van der Waals surface area (Å²) in [5.74, 6) is 0. The van der Waals surface area contributed by atoms with Gasteiger partial charge in [0.1, 0.15) is 0 Å². The van der Waals surface area contributed by atoms with E-state index in [0.717, 1.165) is 0 Å². The highest BCUT2D eigenvalue weighted by Crippen LogP contribution is 2.24. The van der Waals surface area contributed by atoms with Gasteiger partial charge in [-0.15, -0.1) is 0 Å². The van der Waals surface area contributed by atoms with Crippen molar-refractivity contribution < 1.29 is 0 Å². The predicted molar refractivity (Wildman–Crippen MR) is 134 cm³/mol. The first-order valence-electron chi connectivity index (χ1n) is 12.1. The average Bonchev–Trinajstić information content (AvgIpc) is 2.75. The number of benzene rings is 3. The van der Waals surface area contributed by atoms with Crippen LogP contribution in [0.4, 0.5) is 0 Å². The molecule has 29 heavy (non-hydrogen) atoms. The van der Waals surface area contributed by atoms with Gasteiger partial charge >= 0.3 is 0 Å². The van der Waals surface area contributed by atoms with Gasteiger partial charge in [0, 0.05) is 0 Å². The molecule has 0 atom stereocenters. The average molecular weight is 404 g/mol. The lowest BCUT2D eigenvalue weighted by molar-refractivity contribution is 0.646. The van der Waals surface area contributed by atoms with Crippen molar-refractivity contribution in [2.45, 2.75) is 90.1 Å². The largest absolute Gasteiger partial charge is 0.0864 e. The van der Waals surface area contributed by atoms with Crippen LogP contribution in [-0.2, 0) is 0 Å². The highest BCUT2D eigenvalue weighted by Gasteiger charge is 2.16. The molecule has 0 unspecified atom stereocenters. The Bertz CT molecular complexity index is 852. The number of hydrogen-bond acceptors (Lipinski definition) is 0. The molecule has 3 aromatic carbocycles. The molecule has 0 fully saturated rings. The molecule has 0 bridgehead atoms. The molecule has 0 spiro atoms. The molecule has 0 amide bonds. The first-order chi connectivity index (χ1) is 14.3. The minimum Gasteiger partial charge on any atom is -0.0654 e. The Morgan fingerprint density at radius 2 is 1.10 bits per heavy atom. The van der Waals surface area contributed by atoms with E-state index in [-0.39, 0.29) is 0 Å². The molecule has 3 rings (SSSR count). The van der Waals surface area contributed by atoms with Crippen LogP contribution in [0, 0.1) is 0 Å². The molecule has 0 aliphatic heterocycles. The third kappa shape index (κ3) is 6.44. The molecular weight excluding hydrogens is 364 g/mol. The van der Waals surface area contributed by atoms with Crippen LogP contribution in [0.5, 0.6) is 0 Å². The minimum atomic E-state index is -0.489. The fourth-order valence-electron chi connectivity index (χ4n) is 4.55. The predicted octanol–water partition coefficient (Wildman–Crippen LogP) is 8.64. The fraction of sp³-hybridized carbons (Fsp3) is 0.500. The summed E-state index contributed by atoms with van der Waals surface area (Å²) < 4.78 is 0. The Morgan fingerprint density at radius 1 is 0.552 bits per heavy atom. The van der Waals surface area contributed by atoms with Crippen LogP contribution in [0.25, 0.3) is 21.5 Å². The van der Waals surface area contributed by atoms with E-state index in [1.54, 1.807) is 5.19 Å². The van der Waals surface area contributed by atoms with E-state index in [4.69, 9.17) is 0 Å². The lowest BCUT2D eigenvalue weighted by atomic mass is 10.0. The van der Waals surface area contributed by atoms with Crippen LogP contribution < -0.4 is 5.19 Å². The molecule has 0 N–H and O–H groups in total. The van der Waals surface area contributed by atoms with Crippen molar-refractivity contribution in [1.82, 2.24) is 0 Å². The van der Waals surface area contributed by atoms with Crippen molar-refractivity contribution in [1.29, 1.82) is 0 Å². The van der Waals surface area contributed by atoms with E-state index in [1.165, 1.54) is 97.8 Å². The van der Waals surface area contributed by atoms with Gasteiger partial charge in [-0.2, -0.15) is 0 Å². The van der Waals surface area contributed by atoms with Crippen LogP contribution in [0.3, 0.4) is 0 Å². The third-order valence-corrected chi connectivity index (χ3v) is 9.40. The molecule has 3 aromatic rings. The number of rotatable bonds is 13. The summed E-state index contributed by atoms with van der Waals surface area (Å²) in [6, 6.07) is 23.7. The topological polar surface area (TPSA) is 0 Å². The Kier molecular flexibility index (Phi) is 9.27. The van der Waals surface area contributed by atoms with Crippen LogP contribution in [-0.4, -0.2) is 8.80 Å². The highest BCUT2D eigenvalue weighted by atomic mass is 28.3. The molecule has 1 heteroatoms. The number of unbranched alkanes of at least 4 members (excludes halogenated alkanes) is 8. The van der Waals surface area contributed by atoms with Crippen LogP contribution >= 0.6 is 0 Å². The van der Waals surface area contributed by atoms with Crippen molar-refractivity contribution >= 4 is 35.5 Å². The monoisotopic (exact) mass is 403 g/mol. The molecule has 0 aliphatic rings. The number of hydrogen-bond donors (Lipinski definition) is 0. The molecule has 155 valence electrons. The van der Waals surface area contributed by atoms with E-state index in [2.05, 4.69) is 68.4 Å². The maximum Gasteiger partial charge on any atom is 0.0864 e. The quantitative estimate of drug-likeness (QED) is 0.152. The summed E-state index contributed by atoms with van der Waals surface area (Å²) in [5, 5.41) is 7.41. The molecule has 0 heterocycles. The van der Waals surface area contributed by atoms with Crippen LogP contribution in [0.15, 0.2) is 54.6 Å². The van der Waals surface area contributed by atoms with E-state index >= 15 is 0 Å². The van der Waals surface area contributed by atoms with Gasteiger partial charge in [0.25, 0.3) is 0 Å². The van der Waals surface area contributed by atoms with E-state index in [1.807, 2.05) is 0 Å². The van der Waals surface area contributed by atoms with Crippen molar-refractivity contribution in [3.8, 4) is 0 Å². The normalized spacial score (nSPS) is 11.7. The second-order valence-electron chi connectivity index (χ2n) is 8.66. The van der Waals surface area contributed by atoms with Gasteiger partial charge in [0.05, 0.1) is 8.80 Å². The number of fused-ring (bicyclic) bond motifs is 2. The summed E-state index contributed by atoms with van der Waals surface area (Å²) in [4.78, 5) is 0. The SMILES string of the molecule is CCCCCCC[Si](CCCCCCC)c1cccc2cc3ccccc3cc12. The van der Waals surface area contributed by atoms with Gasteiger partial charge in [-0.3, -0.25) is 0 Å². The summed E-state index contributed by atoms with van der Waals surface area (Å²) >= 11 is 0. The lowest BCUT2D eigenvalue weighted by Crippen LogP contribution is -2.30. The maximum absolute atomic E-state index is 2.47. The Morgan fingerprint density at radius 3 is 1.72 bits per heavy atom. The van der Waals surface area contributed by atoms with E-state index < -0.39 is 8.80 Å². The molecule has 0 saturated carbocycles. The molecule has 0 saturated heterocycles. The van der Waals surface area contributed by atoms with Crippen molar-refractivity contribution in [2.75, 3.05) is 0 Å². The highest BCUT2D eigenvalue weighted by molar-refractivity contribution is 6.75. The minimum absolute atomic E-state index is 0.489. The Labute approximate surface area is 180 Å². The first kappa shape index (κ1) is 22.1. The van der Waals surface area contributed by atoms with Crippen molar-refractivity contribution in [3.63, 3.8) is 0 Å². The van der Waals surface area contributed by atoms with Crippen molar-refractivity contribution in [2.24, 2.45) is 0 Å². The standard InChI is InChI=1S/C28H39Si/c1-3-5-7-9-13-20-29(21-14-10-8-6-4-2)28-19-15-18-26-22-24-16-11-12-17-25(24)23-27(26)28/h11-12,15-19,22-23H,3-10,13-14,20-21H2,1-2H3. The zero-order valence-electron chi connectivity index (χ0n) is 18.7. The Hall–Kier alpha value is -1.60. The van der Waals surface area contributed by atoms with Crippen LogP contribution in [0.2, 0.25) is 12.1 Å². The second kappa shape index (κ2) is 12.2. The summed E-state index contributed by atoms with van der Waals surface area (Å²) in [6.45, 7) is 4.62. The van der Waals surface area contributed by atoms with Crippen LogP contribution in [0.1, 0.15) is 78.1 Å². The summed E-state index contributed by atoms with van der Waals surface area (Å²) in [7, 11) is -0.489. The van der Waals surface area contributed by atoms with Gasteiger partial charge in [0.2, 0.25) is 0 Å². The smallest absolute Gasteiger partial charge is 0.0654 e. The van der Waals surface area contributed by atoms with Gasteiger partial charge in [-0.1, -0.05) is 138 Å². The molecule has 0 aliphatic carbocycles. The fourth-order valence-corrected chi connectivity index (χ4v) is 7.62. The molecule has 0 aromatic heterocycles. The summed E-state index contributed by atoms with van der Waals surface area (Å²) in [5.41, 5.74) is 0. The van der Waals surface area contributed by atoms with Gasteiger partial charge in [-0.25, -0.2) is 0 Å². The van der Waals surface area contributed by atoms with E-state index in [0.29, 0.717) is 0 Å². The zero-order chi connectivity index (χ0) is 20.3. The first-order valence-corrected chi connectivity index (χ1v) is 14.0. The van der Waals surface area contributed by atoms with Gasteiger partial charge in [0.15, 0.2) is 0 Å². The van der Waals surface area contributed by atoms with Gasteiger partial charge < -0.3 is 0 Å². The third-order valence-electron chi connectivity index (χ3n) is 6.29. The molecule has 1 radical (unpaired) electrons. The molecule has 0 nitrogen and oxygen atoms in total. The van der Waals surface area contributed by atoms with Gasteiger partial charge in [-0.05, 0) is 33.7 Å². The molecular formula is C28H39Si. The van der Waals surface area contributed by atoms with Crippen molar-refractivity contribution in [3.05, 3.63) is 54.6 Å². The Balaban J connectivity index is 1.80. The summed E-state index contributed by atoms with van der Waals surface area (Å²) in [6.07, 6.45) is 14.0.